The van der Waals surface area contributed by atoms with Gasteiger partial charge in [-0.05, 0) is 43.3 Å². The highest BCUT2D eigenvalue weighted by atomic mass is 32.2. The standard InChI is InChI=1S/C27H41N5O6S/c1-17(2)24-27(38)30-21(11-13-39-4)26(37)28-18(3)25(36)29-20(14-19-8-6-5-7-9-19)15-32(16-22(34)31-24)23(35)10-12-33/h5-9,17-18,20-21,24,33H,10-16H2,1-4H3,(H,28,37)(H,29,36)(H,30,38)(H,31,34)/t18-,20+,21-,24-/m0/s1. The zero-order chi connectivity index (χ0) is 28.9. The van der Waals surface area contributed by atoms with Gasteiger partial charge in [0, 0.05) is 13.0 Å². The van der Waals surface area contributed by atoms with Crippen LogP contribution in [0.5, 0.6) is 0 Å². The van der Waals surface area contributed by atoms with Crippen LogP contribution in [0.1, 0.15) is 39.2 Å². The lowest BCUT2D eigenvalue weighted by atomic mass is 10.0. The summed E-state index contributed by atoms with van der Waals surface area (Å²) in [5.74, 6) is -2.22. The molecule has 0 saturated carbocycles. The van der Waals surface area contributed by atoms with Gasteiger partial charge in [-0.15, -0.1) is 0 Å². The molecular formula is C27H41N5O6S. The number of carbonyl (C=O) groups is 5. The number of nitrogens with one attached hydrogen (secondary N) is 4. The van der Waals surface area contributed by atoms with Crippen LogP contribution in [0, 0.1) is 5.92 Å². The summed E-state index contributed by atoms with van der Waals surface area (Å²) in [5.41, 5.74) is 0.906. The van der Waals surface area contributed by atoms with Gasteiger partial charge in [-0.2, -0.15) is 11.8 Å². The van der Waals surface area contributed by atoms with Gasteiger partial charge in [-0.3, -0.25) is 24.0 Å². The molecule has 2 rings (SSSR count). The van der Waals surface area contributed by atoms with E-state index in [-0.39, 0.29) is 25.4 Å². The molecule has 1 fully saturated rings. The quantitative estimate of drug-likeness (QED) is 0.294. The normalized spacial score (nSPS) is 23.7. The second-order valence-electron chi connectivity index (χ2n) is 10.0. The predicted molar refractivity (Wildman–Crippen MR) is 150 cm³/mol. The van der Waals surface area contributed by atoms with Crippen LogP contribution in [0.2, 0.25) is 0 Å². The first-order valence-corrected chi connectivity index (χ1v) is 14.6. The van der Waals surface area contributed by atoms with Crippen LogP contribution in [0.25, 0.3) is 0 Å². The van der Waals surface area contributed by atoms with Crippen molar-refractivity contribution in [1.82, 2.24) is 26.2 Å². The first-order chi connectivity index (χ1) is 18.5. The number of amides is 5. The second-order valence-corrected chi connectivity index (χ2v) is 11.0. The molecule has 0 aliphatic carbocycles. The molecule has 0 unspecified atom stereocenters. The van der Waals surface area contributed by atoms with Gasteiger partial charge in [-0.25, -0.2) is 0 Å². The topological polar surface area (TPSA) is 157 Å². The summed E-state index contributed by atoms with van der Waals surface area (Å²) in [7, 11) is 0. The summed E-state index contributed by atoms with van der Waals surface area (Å²) in [4.78, 5) is 66.7. The van der Waals surface area contributed by atoms with Crippen LogP contribution in [0.3, 0.4) is 0 Å². The average molecular weight is 564 g/mol. The molecule has 1 aliphatic rings. The first kappa shape index (κ1) is 32.1. The molecule has 0 aromatic heterocycles. The van der Waals surface area contributed by atoms with Crippen molar-refractivity contribution in [1.29, 1.82) is 0 Å². The highest BCUT2D eigenvalue weighted by molar-refractivity contribution is 7.98. The molecule has 1 heterocycles. The Kier molecular flexibility index (Phi) is 13.2. The summed E-state index contributed by atoms with van der Waals surface area (Å²) in [6.45, 7) is 4.32. The molecule has 4 atom stereocenters. The van der Waals surface area contributed by atoms with E-state index in [0.29, 0.717) is 18.6 Å². The van der Waals surface area contributed by atoms with Crippen LogP contribution < -0.4 is 21.3 Å². The minimum absolute atomic E-state index is 0.0115. The van der Waals surface area contributed by atoms with E-state index in [1.54, 1.807) is 20.8 Å². The molecule has 5 N–H and O–H groups in total. The Morgan fingerprint density at radius 2 is 1.72 bits per heavy atom. The fraction of sp³-hybridized carbons (Fsp3) is 0.593. The number of nitrogens with zero attached hydrogens (tertiary/aromatic N) is 1. The monoisotopic (exact) mass is 563 g/mol. The molecular weight excluding hydrogens is 522 g/mol. The molecule has 0 spiro atoms. The molecule has 0 radical (unpaired) electrons. The van der Waals surface area contributed by atoms with Crippen molar-refractivity contribution in [2.45, 2.75) is 64.2 Å². The zero-order valence-electron chi connectivity index (χ0n) is 23.1. The maximum absolute atomic E-state index is 13.2. The molecule has 1 aromatic rings. The lowest BCUT2D eigenvalue weighted by molar-refractivity contribution is -0.138. The molecule has 39 heavy (non-hydrogen) atoms. The van der Waals surface area contributed by atoms with E-state index in [2.05, 4.69) is 21.3 Å². The van der Waals surface area contributed by atoms with E-state index in [0.717, 1.165) is 5.56 Å². The fourth-order valence-electron chi connectivity index (χ4n) is 4.23. The van der Waals surface area contributed by atoms with Crippen molar-refractivity contribution in [3.8, 4) is 0 Å². The van der Waals surface area contributed by atoms with Crippen molar-refractivity contribution in [3.63, 3.8) is 0 Å². The lowest BCUT2D eigenvalue weighted by Gasteiger charge is -2.29. The highest BCUT2D eigenvalue weighted by Crippen LogP contribution is 2.10. The Bertz CT molecular complexity index is 992. The Labute approximate surface area is 234 Å². The van der Waals surface area contributed by atoms with E-state index in [4.69, 9.17) is 0 Å². The largest absolute Gasteiger partial charge is 0.396 e. The minimum atomic E-state index is -0.945. The van der Waals surface area contributed by atoms with E-state index >= 15 is 0 Å². The van der Waals surface area contributed by atoms with Gasteiger partial charge in [0.15, 0.2) is 0 Å². The van der Waals surface area contributed by atoms with E-state index in [9.17, 15) is 29.1 Å². The Morgan fingerprint density at radius 3 is 2.33 bits per heavy atom. The first-order valence-electron chi connectivity index (χ1n) is 13.2. The lowest BCUT2D eigenvalue weighted by Crippen LogP contribution is -2.57. The van der Waals surface area contributed by atoms with Crippen molar-refractivity contribution < 1.29 is 29.1 Å². The molecule has 5 amide bonds. The number of thioether (sulfide) groups is 1. The summed E-state index contributed by atoms with van der Waals surface area (Å²) in [5, 5.41) is 20.4. The van der Waals surface area contributed by atoms with Crippen LogP contribution in [0.15, 0.2) is 30.3 Å². The summed E-state index contributed by atoms with van der Waals surface area (Å²) >= 11 is 1.52. The fourth-order valence-corrected chi connectivity index (χ4v) is 4.70. The Morgan fingerprint density at radius 1 is 1.03 bits per heavy atom. The van der Waals surface area contributed by atoms with Gasteiger partial charge in [0.1, 0.15) is 18.1 Å². The average Bonchev–Trinajstić information content (AvgIpc) is 2.89. The predicted octanol–water partition coefficient (Wildman–Crippen LogP) is -0.178. The van der Waals surface area contributed by atoms with E-state index < -0.39 is 60.3 Å². The third-order valence-electron chi connectivity index (χ3n) is 6.39. The van der Waals surface area contributed by atoms with E-state index in [1.807, 2.05) is 36.6 Å². The van der Waals surface area contributed by atoms with Gasteiger partial charge in [0.05, 0.1) is 19.2 Å². The molecule has 11 nitrogen and oxygen atoms in total. The van der Waals surface area contributed by atoms with Crippen molar-refractivity contribution in [3.05, 3.63) is 35.9 Å². The highest BCUT2D eigenvalue weighted by Gasteiger charge is 2.32. The number of aliphatic hydroxyl groups is 1. The molecule has 1 saturated heterocycles. The molecule has 0 bridgehead atoms. The van der Waals surface area contributed by atoms with Crippen LogP contribution in [0.4, 0.5) is 0 Å². The molecule has 1 aliphatic heterocycles. The van der Waals surface area contributed by atoms with Crippen LogP contribution >= 0.6 is 11.8 Å². The molecule has 1 aromatic carbocycles. The van der Waals surface area contributed by atoms with Gasteiger partial charge >= 0.3 is 0 Å². The molecule has 12 heteroatoms. The number of hydrogen-bond donors (Lipinski definition) is 5. The van der Waals surface area contributed by atoms with Crippen molar-refractivity contribution in [2.75, 3.05) is 31.7 Å². The number of rotatable bonds is 8. The van der Waals surface area contributed by atoms with Gasteiger partial charge < -0.3 is 31.3 Å². The summed E-state index contributed by atoms with van der Waals surface area (Å²) < 4.78 is 0. The maximum Gasteiger partial charge on any atom is 0.243 e. The summed E-state index contributed by atoms with van der Waals surface area (Å²) in [6.07, 6.45) is 2.39. The summed E-state index contributed by atoms with van der Waals surface area (Å²) in [6, 6.07) is 6.01. The van der Waals surface area contributed by atoms with Crippen LogP contribution in [-0.4, -0.2) is 95.4 Å². The smallest absolute Gasteiger partial charge is 0.243 e. The maximum atomic E-state index is 13.2. The second kappa shape index (κ2) is 16.1. The van der Waals surface area contributed by atoms with Crippen LogP contribution in [-0.2, 0) is 30.4 Å². The molecule has 216 valence electrons. The SMILES string of the molecule is CSCC[C@@H]1NC(=O)[C@H](C(C)C)NC(=O)CN(C(=O)CCO)C[C@@H](Cc2ccccc2)NC(=O)[C@H](C)NC1=O. The number of carbonyl (C=O) groups excluding carboxylic acids is 5. The minimum Gasteiger partial charge on any atom is -0.396 e. The Balaban J connectivity index is 2.45. The number of benzene rings is 1. The van der Waals surface area contributed by atoms with E-state index in [1.165, 1.54) is 16.7 Å². The number of hydrogen-bond acceptors (Lipinski definition) is 7. The van der Waals surface area contributed by atoms with Crippen molar-refractivity contribution in [2.24, 2.45) is 5.92 Å². The number of aliphatic hydroxyl groups excluding tert-OH is 1. The Hall–Kier alpha value is -3.12. The van der Waals surface area contributed by atoms with Gasteiger partial charge in [0.2, 0.25) is 29.5 Å². The zero-order valence-corrected chi connectivity index (χ0v) is 23.9. The van der Waals surface area contributed by atoms with Crippen molar-refractivity contribution >= 4 is 41.3 Å². The third kappa shape index (κ3) is 10.5. The van der Waals surface area contributed by atoms with Gasteiger partial charge in [0.25, 0.3) is 0 Å². The van der Waals surface area contributed by atoms with Gasteiger partial charge in [-0.1, -0.05) is 44.2 Å². The third-order valence-corrected chi connectivity index (χ3v) is 7.03.